The van der Waals surface area contributed by atoms with Gasteiger partial charge in [-0.1, -0.05) is 10.1 Å². The van der Waals surface area contributed by atoms with E-state index >= 15 is 0 Å². The minimum atomic E-state index is -5.55. The van der Waals surface area contributed by atoms with Crippen LogP contribution in [0.25, 0.3) is 21.5 Å². The van der Waals surface area contributed by atoms with Gasteiger partial charge in [0.25, 0.3) is 30.4 Å². The molecule has 0 fully saturated rings. The zero-order chi connectivity index (χ0) is 60.9. The molecule has 6 aromatic carbocycles. The fourth-order valence-electron chi connectivity index (χ4n) is 7.04. The first kappa shape index (κ1) is 64.0. The summed E-state index contributed by atoms with van der Waals surface area (Å²) in [4.78, 5) is 7.69. The maximum atomic E-state index is 13.1. The van der Waals surface area contributed by atoms with Crippen molar-refractivity contribution < 1.29 is 117 Å². The van der Waals surface area contributed by atoms with Crippen LogP contribution in [-0.4, -0.2) is 129 Å². The van der Waals surface area contributed by atoms with Gasteiger partial charge in [0.1, 0.15) is 21.2 Å². The molecule has 0 atom stereocenters. The van der Waals surface area contributed by atoms with Gasteiger partial charge in [0.15, 0.2) is 43.5 Å². The second kappa shape index (κ2) is 25.8. The van der Waals surface area contributed by atoms with E-state index in [-0.39, 0.29) is 56.3 Å². The average Bonchev–Trinajstić information content (AvgIpc) is 1.70. The molecule has 0 amide bonds. The maximum Gasteiger partial charge on any atom is 0.397 e. The second-order valence-corrected chi connectivity index (χ2v) is 26.8. The number of hydrogen-bond donors (Lipinski definition) is 10. The molecule has 7 rings (SSSR count). The van der Waals surface area contributed by atoms with Gasteiger partial charge in [-0.25, -0.2) is 31.5 Å². The molecule has 1 heterocycles. The summed E-state index contributed by atoms with van der Waals surface area (Å²) in [5, 5.41) is 65.1. The lowest BCUT2D eigenvalue weighted by molar-refractivity contribution is -0.434. The van der Waals surface area contributed by atoms with Crippen LogP contribution in [0.4, 0.5) is 46.0 Å². The Morgan fingerprint density at radius 1 is 0.554 bits per heavy atom. The van der Waals surface area contributed by atoms with Crippen LogP contribution >= 0.6 is 36.0 Å². The van der Waals surface area contributed by atoms with Crippen molar-refractivity contribution in [1.29, 1.82) is 0 Å². The highest BCUT2D eigenvalue weighted by Gasteiger charge is 2.29. The van der Waals surface area contributed by atoms with Crippen molar-refractivity contribution >= 4 is 164 Å². The molecule has 0 spiro atoms. The first-order valence-corrected chi connectivity index (χ1v) is 32.1. The van der Waals surface area contributed by atoms with Crippen LogP contribution in [0.2, 0.25) is 5.28 Å². The number of rotatable bonds is 26. The van der Waals surface area contributed by atoms with Gasteiger partial charge in [0, 0.05) is 16.2 Å². The standard InChI is InChI=1S/C39H32ClN9O26S8/c40-37-43-38(41-27-10-9-25-26(36(27)82(64,65)66)18-30(81(61,62)63)33(34(25)50)49-47-21-3-7-23(8-4-21)79(56,57)14-12-71-83(67,68)69)45-39(44-37)42-28-17-24(80(58,59)60)15-19-16-29(76-74-72-52)32(35(51)31(19)28)48-46-20-1-5-22(6-2-20)78(54,55)13-11-70-77-75-73-53/h1-10,15-18,50-53H,11-14H2,(H,58,59,60)(H,61,62,63)(H,64,65,66)(H,67,68,69)(H2,41,42,43,44,45)/b48-46+,49-47+. The third-order valence-corrected chi connectivity index (χ3v) is 18.1. The zero-order valence-electron chi connectivity index (χ0n) is 40.1. The Kier molecular flexibility index (Phi) is 19.9. The van der Waals surface area contributed by atoms with E-state index in [1.54, 1.807) is 0 Å². The molecule has 35 nitrogen and oxygen atoms in total. The largest absolute Gasteiger partial charge is 0.505 e. The fraction of sp³-hybridized carbons (Fsp3) is 0.103. The Balaban J connectivity index is 1.25. The van der Waals surface area contributed by atoms with Gasteiger partial charge < -0.3 is 20.8 Å². The van der Waals surface area contributed by atoms with E-state index in [1.807, 2.05) is 0 Å². The monoisotopic (exact) mass is 1330 g/mol. The quantitative estimate of drug-likeness (QED) is 0.00645. The first-order chi connectivity index (χ1) is 38.8. The molecule has 0 saturated heterocycles. The lowest BCUT2D eigenvalue weighted by Gasteiger charge is -2.16. The van der Waals surface area contributed by atoms with E-state index in [0.717, 1.165) is 66.7 Å². The highest BCUT2D eigenvalue weighted by Crippen LogP contribution is 2.48. The Morgan fingerprint density at radius 2 is 1.11 bits per heavy atom. The third kappa shape index (κ3) is 16.2. The van der Waals surface area contributed by atoms with E-state index in [2.05, 4.69) is 69.0 Å². The minimum absolute atomic E-state index is 0.0147. The SMILES string of the molecule is O=S(=O)(O)OCCS(=O)(=O)c1ccc(/N=N/c2c(S(=O)(=O)O)cc3c(S(=O)(=O)O)c(Nc4nc(Cl)nc(Nc5cc(S(=O)(=O)O)cc6cc(SOOO)c(/N=N/c7ccc(S(=O)(=O)CCOSOOO)cc7)c(O)c56)n4)ccc3c2O)cc1. The Labute approximate surface area is 479 Å². The molecule has 0 radical (unpaired) electrons. The van der Waals surface area contributed by atoms with E-state index in [0.29, 0.717) is 6.07 Å². The summed E-state index contributed by atoms with van der Waals surface area (Å²) >= 11 is 6.61. The van der Waals surface area contributed by atoms with E-state index < -0.39 is 167 Å². The Hall–Kier alpha value is -6.54. The molecule has 0 aliphatic carbocycles. The number of phenolic OH excluding ortho intramolecular Hbond substituents is 2. The molecule has 0 aliphatic heterocycles. The number of sulfone groups is 2. The summed E-state index contributed by atoms with van der Waals surface area (Å²) in [6.07, 6.45) is 0. The normalized spacial score (nSPS) is 13.0. The summed E-state index contributed by atoms with van der Waals surface area (Å²) in [6, 6.07) is 13.8. The summed E-state index contributed by atoms with van der Waals surface area (Å²) in [7, 11) is -29.2. The van der Waals surface area contributed by atoms with Gasteiger partial charge in [-0.05, 0) is 102 Å². The molecule has 83 heavy (non-hydrogen) atoms. The van der Waals surface area contributed by atoms with Gasteiger partial charge >= 0.3 is 10.4 Å². The molecule has 0 saturated carbocycles. The number of azo groups is 2. The number of hydrogen-bond acceptors (Lipinski definition) is 33. The first-order valence-electron chi connectivity index (χ1n) is 21.4. The summed E-state index contributed by atoms with van der Waals surface area (Å²) in [5.41, 5.74) is -2.86. The van der Waals surface area contributed by atoms with Crippen LogP contribution < -0.4 is 10.6 Å². The molecule has 444 valence electrons. The highest BCUT2D eigenvalue weighted by molar-refractivity contribution is 7.94. The number of aromatic nitrogens is 3. The molecule has 0 unspecified atom stereocenters. The number of benzene rings is 6. The smallest absolute Gasteiger partial charge is 0.397 e. The number of fused-ring (bicyclic) bond motifs is 2. The molecular weight excluding hydrogens is 1300 g/mol. The summed E-state index contributed by atoms with van der Waals surface area (Å²) < 4.78 is 206. The predicted octanol–water partition coefficient (Wildman–Crippen LogP) is 7.10. The molecule has 1 aromatic heterocycles. The predicted molar refractivity (Wildman–Crippen MR) is 284 cm³/mol. The van der Waals surface area contributed by atoms with Gasteiger partial charge in [0.2, 0.25) is 17.2 Å². The Morgan fingerprint density at radius 3 is 1.64 bits per heavy atom. The number of phenols is 2. The van der Waals surface area contributed by atoms with Crippen molar-refractivity contribution in [2.45, 2.75) is 29.4 Å². The molecule has 7 aromatic rings. The summed E-state index contributed by atoms with van der Waals surface area (Å²) in [6.45, 7) is -1.34. The van der Waals surface area contributed by atoms with Gasteiger partial charge in [-0.2, -0.15) is 58.9 Å². The van der Waals surface area contributed by atoms with Crippen LogP contribution in [0, 0.1) is 0 Å². The number of nitrogens with one attached hydrogen (secondary N) is 2. The molecule has 0 aliphatic rings. The van der Waals surface area contributed by atoms with Crippen LogP contribution in [0.3, 0.4) is 0 Å². The van der Waals surface area contributed by atoms with Crippen LogP contribution in [0.15, 0.2) is 135 Å². The number of anilines is 4. The minimum Gasteiger partial charge on any atom is -0.505 e. The molecule has 10 N–H and O–H groups in total. The Bertz CT molecular complexity index is 4440. The van der Waals surface area contributed by atoms with Crippen molar-refractivity contribution in [2.75, 3.05) is 35.4 Å². The number of nitrogens with zero attached hydrogens (tertiary/aromatic N) is 7. The summed E-state index contributed by atoms with van der Waals surface area (Å²) in [5.74, 6) is -4.78. The zero-order valence-corrected chi connectivity index (χ0v) is 47.4. The third-order valence-electron chi connectivity index (χ3n) is 10.4. The fourth-order valence-corrected chi connectivity index (χ4v) is 12.6. The van der Waals surface area contributed by atoms with Crippen molar-refractivity contribution in [1.82, 2.24) is 15.0 Å². The number of aromatic hydroxyl groups is 2. The molecule has 0 bridgehead atoms. The molecular formula is C39H32ClN9O26S8. The van der Waals surface area contributed by atoms with Gasteiger partial charge in [-0.3, -0.25) is 22.4 Å². The number of halogens is 1. The van der Waals surface area contributed by atoms with E-state index in [1.165, 1.54) is 12.1 Å². The van der Waals surface area contributed by atoms with Crippen molar-refractivity contribution in [3.05, 3.63) is 90.2 Å². The van der Waals surface area contributed by atoms with Gasteiger partial charge in [-0.15, -0.1) is 18.9 Å². The topological polar surface area (TPSA) is 534 Å². The second-order valence-electron chi connectivity index (χ2n) is 15.7. The molecule has 44 heteroatoms. The van der Waals surface area contributed by atoms with Gasteiger partial charge in [0.05, 0.1) is 79.1 Å². The van der Waals surface area contributed by atoms with Crippen LogP contribution in [-0.2, 0) is 87.5 Å². The van der Waals surface area contributed by atoms with Crippen molar-refractivity contribution in [3.63, 3.8) is 0 Å². The van der Waals surface area contributed by atoms with E-state index in [4.69, 9.17) is 30.9 Å². The van der Waals surface area contributed by atoms with Crippen molar-refractivity contribution in [3.8, 4) is 11.5 Å². The van der Waals surface area contributed by atoms with E-state index in [9.17, 15) is 74.4 Å². The van der Waals surface area contributed by atoms with Crippen LogP contribution in [0.5, 0.6) is 11.5 Å². The lowest BCUT2D eigenvalue weighted by Crippen LogP contribution is -2.15. The van der Waals surface area contributed by atoms with Crippen molar-refractivity contribution in [2.24, 2.45) is 20.5 Å². The highest BCUT2D eigenvalue weighted by atomic mass is 35.5. The lowest BCUT2D eigenvalue weighted by atomic mass is 10.1. The maximum absolute atomic E-state index is 13.1. The van der Waals surface area contributed by atoms with Crippen LogP contribution in [0.1, 0.15) is 0 Å². The average molecular weight is 1330 g/mol.